The first-order valence-corrected chi connectivity index (χ1v) is 9.02. The van der Waals surface area contributed by atoms with Crippen LogP contribution in [0.25, 0.3) is 10.9 Å². The number of fused-ring (bicyclic) bond motifs is 2. The van der Waals surface area contributed by atoms with Crippen LogP contribution in [0, 0.1) is 13.8 Å². The van der Waals surface area contributed by atoms with Gasteiger partial charge in [-0.1, -0.05) is 35.9 Å². The Hall–Kier alpha value is -2.10. The fourth-order valence-electron chi connectivity index (χ4n) is 3.74. The molecule has 0 atom stereocenters. The molecule has 0 bridgehead atoms. The van der Waals surface area contributed by atoms with Crippen molar-refractivity contribution in [3.63, 3.8) is 0 Å². The van der Waals surface area contributed by atoms with E-state index < -0.39 is 0 Å². The topological polar surface area (TPSA) is 36.1 Å². The lowest BCUT2D eigenvalue weighted by Gasteiger charge is -2.29. The summed E-state index contributed by atoms with van der Waals surface area (Å²) in [4.78, 5) is 18.8. The van der Waals surface area contributed by atoms with Gasteiger partial charge in [0.05, 0.1) is 5.52 Å². The molecule has 0 amide bonds. The molecule has 4 heteroatoms. The van der Waals surface area contributed by atoms with Crippen LogP contribution in [0.5, 0.6) is 0 Å². The maximum Gasteiger partial charge on any atom is 0.194 e. The molecule has 128 valence electrons. The third kappa shape index (κ3) is 2.88. The van der Waals surface area contributed by atoms with Gasteiger partial charge in [-0.25, -0.2) is 0 Å². The number of hydrogen-bond donors (Lipinski definition) is 1. The van der Waals surface area contributed by atoms with Gasteiger partial charge in [-0.05, 0) is 49.1 Å². The van der Waals surface area contributed by atoms with Crippen LogP contribution in [0.3, 0.4) is 0 Å². The van der Waals surface area contributed by atoms with Gasteiger partial charge >= 0.3 is 0 Å². The number of pyridine rings is 1. The van der Waals surface area contributed by atoms with E-state index in [1.54, 1.807) is 0 Å². The number of halogens is 1. The molecule has 2 heterocycles. The number of nitrogens with zero attached hydrogens (tertiary/aromatic N) is 1. The third-order valence-electron chi connectivity index (χ3n) is 5.27. The molecule has 1 aliphatic heterocycles. The maximum atomic E-state index is 13.0. The smallest absolute Gasteiger partial charge is 0.194 e. The molecule has 0 saturated carbocycles. The molecule has 1 aliphatic rings. The average Bonchev–Trinajstić information content (AvgIpc) is 2.62. The summed E-state index contributed by atoms with van der Waals surface area (Å²) in [6.45, 7) is 6.48. The number of H-pyrrole nitrogens is 1. The summed E-state index contributed by atoms with van der Waals surface area (Å²) < 4.78 is 0. The Morgan fingerprint density at radius 3 is 2.68 bits per heavy atom. The Labute approximate surface area is 152 Å². The zero-order valence-electron chi connectivity index (χ0n) is 14.5. The molecule has 2 aromatic carbocycles. The van der Waals surface area contributed by atoms with Crippen molar-refractivity contribution in [2.24, 2.45) is 0 Å². The van der Waals surface area contributed by atoms with Crippen LogP contribution in [0.1, 0.15) is 27.9 Å². The quantitative estimate of drug-likeness (QED) is 0.744. The van der Waals surface area contributed by atoms with Crippen molar-refractivity contribution >= 4 is 22.5 Å². The average molecular weight is 353 g/mol. The van der Waals surface area contributed by atoms with E-state index in [1.807, 2.05) is 26.0 Å². The molecule has 0 unspecified atom stereocenters. The van der Waals surface area contributed by atoms with Gasteiger partial charge in [0.2, 0.25) is 0 Å². The van der Waals surface area contributed by atoms with E-state index in [9.17, 15) is 4.79 Å². The van der Waals surface area contributed by atoms with Crippen molar-refractivity contribution in [2.75, 3.05) is 6.54 Å². The predicted octanol–water partition coefficient (Wildman–Crippen LogP) is 4.36. The van der Waals surface area contributed by atoms with Crippen LogP contribution in [-0.4, -0.2) is 16.4 Å². The van der Waals surface area contributed by atoms with Crippen molar-refractivity contribution in [1.29, 1.82) is 0 Å². The molecule has 4 rings (SSSR count). The van der Waals surface area contributed by atoms with E-state index >= 15 is 0 Å². The van der Waals surface area contributed by atoms with Crippen molar-refractivity contribution in [3.8, 4) is 0 Å². The summed E-state index contributed by atoms with van der Waals surface area (Å²) in [6, 6.07) is 12.2. The first-order chi connectivity index (χ1) is 12.0. The summed E-state index contributed by atoms with van der Waals surface area (Å²) in [6.07, 6.45) is 1.04. The van der Waals surface area contributed by atoms with Gasteiger partial charge in [-0.2, -0.15) is 0 Å². The Kier molecular flexibility index (Phi) is 4.14. The Morgan fingerprint density at radius 1 is 1.12 bits per heavy atom. The minimum absolute atomic E-state index is 0.116. The molecule has 0 aliphatic carbocycles. The Bertz CT molecular complexity index is 1020. The number of benzene rings is 2. The third-order valence-corrected chi connectivity index (χ3v) is 5.68. The second kappa shape index (κ2) is 6.32. The second-order valence-electron chi connectivity index (χ2n) is 6.88. The van der Waals surface area contributed by atoms with Gasteiger partial charge in [0.25, 0.3) is 0 Å². The van der Waals surface area contributed by atoms with Crippen LogP contribution in [0.4, 0.5) is 0 Å². The molecule has 0 spiro atoms. The Balaban J connectivity index is 1.71. The van der Waals surface area contributed by atoms with Crippen molar-refractivity contribution in [2.45, 2.75) is 33.4 Å². The lowest BCUT2D eigenvalue weighted by molar-refractivity contribution is 0.244. The fourth-order valence-corrected chi connectivity index (χ4v) is 3.89. The van der Waals surface area contributed by atoms with Gasteiger partial charge in [-0.15, -0.1) is 0 Å². The molecular weight excluding hydrogens is 332 g/mol. The van der Waals surface area contributed by atoms with Crippen molar-refractivity contribution in [3.05, 3.63) is 79.6 Å². The standard InChI is InChI=1S/C21H21ClN2O/c1-13-19(22)8-7-17-20(13)23-14(2)18(21(17)25)12-24-10-9-15-5-3-4-6-16(15)11-24/h3-8H,9-12H2,1-2H3,(H,23,25). The molecule has 0 saturated heterocycles. The summed E-state index contributed by atoms with van der Waals surface area (Å²) in [5.74, 6) is 0. The number of rotatable bonds is 2. The zero-order chi connectivity index (χ0) is 17.6. The van der Waals surface area contributed by atoms with E-state index in [4.69, 9.17) is 11.6 Å². The van der Waals surface area contributed by atoms with Crippen LogP contribution in [-0.2, 0) is 19.5 Å². The highest BCUT2D eigenvalue weighted by molar-refractivity contribution is 6.32. The highest BCUT2D eigenvalue weighted by atomic mass is 35.5. The molecule has 0 radical (unpaired) electrons. The van der Waals surface area contributed by atoms with Crippen molar-refractivity contribution in [1.82, 2.24) is 9.88 Å². The van der Waals surface area contributed by atoms with E-state index in [0.29, 0.717) is 11.6 Å². The van der Waals surface area contributed by atoms with E-state index in [-0.39, 0.29) is 5.43 Å². The van der Waals surface area contributed by atoms with Gasteiger partial charge in [0.1, 0.15) is 0 Å². The predicted molar refractivity (Wildman–Crippen MR) is 103 cm³/mol. The summed E-state index contributed by atoms with van der Waals surface area (Å²) >= 11 is 6.21. The zero-order valence-corrected chi connectivity index (χ0v) is 15.3. The van der Waals surface area contributed by atoms with Crippen LogP contribution in [0.2, 0.25) is 5.02 Å². The van der Waals surface area contributed by atoms with Crippen molar-refractivity contribution < 1.29 is 0 Å². The maximum absolute atomic E-state index is 13.0. The molecule has 1 N–H and O–H groups in total. The number of aromatic amines is 1. The highest BCUT2D eigenvalue weighted by Crippen LogP contribution is 2.24. The summed E-state index contributed by atoms with van der Waals surface area (Å²) in [5, 5.41) is 1.41. The molecule has 1 aromatic heterocycles. The molecular formula is C21H21ClN2O. The number of aryl methyl sites for hydroxylation is 2. The Morgan fingerprint density at radius 2 is 1.88 bits per heavy atom. The fraction of sp³-hybridized carbons (Fsp3) is 0.286. The summed E-state index contributed by atoms with van der Waals surface area (Å²) in [7, 11) is 0. The first kappa shape index (κ1) is 16.4. The van der Waals surface area contributed by atoms with Crippen LogP contribution in [0.15, 0.2) is 41.2 Å². The number of nitrogens with one attached hydrogen (secondary N) is 1. The van der Waals surface area contributed by atoms with Gasteiger partial charge < -0.3 is 4.98 Å². The van der Waals surface area contributed by atoms with Crippen LogP contribution < -0.4 is 5.43 Å². The monoisotopic (exact) mass is 352 g/mol. The van der Waals surface area contributed by atoms with E-state index in [0.717, 1.165) is 47.2 Å². The lowest BCUT2D eigenvalue weighted by Crippen LogP contribution is -2.32. The minimum atomic E-state index is 0.116. The molecule has 3 nitrogen and oxygen atoms in total. The number of hydrogen-bond acceptors (Lipinski definition) is 2. The number of aromatic nitrogens is 1. The van der Waals surface area contributed by atoms with Gasteiger partial charge in [0.15, 0.2) is 5.43 Å². The molecule has 25 heavy (non-hydrogen) atoms. The van der Waals surface area contributed by atoms with Gasteiger partial charge in [-0.3, -0.25) is 9.69 Å². The summed E-state index contributed by atoms with van der Waals surface area (Å²) in [5.41, 5.74) is 6.47. The second-order valence-corrected chi connectivity index (χ2v) is 7.29. The van der Waals surface area contributed by atoms with E-state index in [1.165, 1.54) is 11.1 Å². The van der Waals surface area contributed by atoms with E-state index in [2.05, 4.69) is 34.1 Å². The SMILES string of the molecule is Cc1[nH]c2c(C)c(Cl)ccc2c(=O)c1CN1CCc2ccccc2C1. The lowest BCUT2D eigenvalue weighted by atomic mass is 9.99. The normalized spacial score (nSPS) is 14.7. The highest BCUT2D eigenvalue weighted by Gasteiger charge is 2.19. The minimum Gasteiger partial charge on any atom is -0.358 e. The molecule has 0 fully saturated rings. The first-order valence-electron chi connectivity index (χ1n) is 8.64. The van der Waals surface area contributed by atoms with Gasteiger partial charge in [0, 0.05) is 41.3 Å². The largest absolute Gasteiger partial charge is 0.358 e. The van der Waals surface area contributed by atoms with Crippen LogP contribution >= 0.6 is 11.6 Å². The molecule has 3 aromatic rings.